The minimum atomic E-state index is -0.147. The highest BCUT2D eigenvalue weighted by Crippen LogP contribution is 2.19. The van der Waals surface area contributed by atoms with Gasteiger partial charge in [-0.25, -0.2) is 4.39 Å². The van der Waals surface area contributed by atoms with Gasteiger partial charge in [-0.15, -0.1) is 0 Å². The van der Waals surface area contributed by atoms with Crippen molar-refractivity contribution in [1.29, 1.82) is 0 Å². The number of aryl methyl sites for hydroxylation is 1. The number of aromatic nitrogens is 1. The van der Waals surface area contributed by atoms with Crippen LogP contribution in [0.1, 0.15) is 42.4 Å². The summed E-state index contributed by atoms with van der Waals surface area (Å²) >= 11 is 0. The SMILES string of the molecule is CCn1c(C)cc(CN[C@H](C)c2ccccc2F)c1C. The lowest BCUT2D eigenvalue weighted by molar-refractivity contribution is 0.527. The zero-order valence-corrected chi connectivity index (χ0v) is 12.7. The standard InChI is InChI=1S/C17H23FN2/c1-5-20-12(2)10-15(14(20)4)11-19-13(3)16-8-6-7-9-17(16)18/h6-10,13,19H,5,11H2,1-4H3/t13-/m1/s1. The van der Waals surface area contributed by atoms with E-state index in [2.05, 4.69) is 36.7 Å². The molecule has 0 aliphatic carbocycles. The van der Waals surface area contributed by atoms with Gasteiger partial charge in [0.2, 0.25) is 0 Å². The predicted molar refractivity (Wildman–Crippen MR) is 81.2 cm³/mol. The largest absolute Gasteiger partial charge is 0.349 e. The van der Waals surface area contributed by atoms with Crippen LogP contribution in [-0.4, -0.2) is 4.57 Å². The average Bonchev–Trinajstić information content (AvgIpc) is 2.70. The van der Waals surface area contributed by atoms with Gasteiger partial charge in [0.15, 0.2) is 0 Å². The average molecular weight is 274 g/mol. The number of rotatable bonds is 5. The summed E-state index contributed by atoms with van der Waals surface area (Å²) in [6.45, 7) is 10.2. The summed E-state index contributed by atoms with van der Waals surface area (Å²) in [4.78, 5) is 0. The number of nitrogens with one attached hydrogen (secondary N) is 1. The molecule has 0 spiro atoms. The van der Waals surface area contributed by atoms with Crippen LogP contribution in [-0.2, 0) is 13.1 Å². The number of halogens is 1. The Morgan fingerprint density at radius 1 is 1.25 bits per heavy atom. The van der Waals surface area contributed by atoms with Gasteiger partial charge < -0.3 is 9.88 Å². The molecule has 1 aromatic carbocycles. The summed E-state index contributed by atoms with van der Waals surface area (Å²) in [5.41, 5.74) is 4.57. The molecule has 3 heteroatoms. The third kappa shape index (κ3) is 2.93. The fourth-order valence-electron chi connectivity index (χ4n) is 2.74. The Hall–Kier alpha value is -1.61. The third-order valence-electron chi connectivity index (χ3n) is 3.97. The van der Waals surface area contributed by atoms with Crippen LogP contribution in [0.5, 0.6) is 0 Å². The highest BCUT2D eigenvalue weighted by atomic mass is 19.1. The van der Waals surface area contributed by atoms with Crippen LogP contribution in [0.3, 0.4) is 0 Å². The first-order valence-electron chi connectivity index (χ1n) is 7.18. The van der Waals surface area contributed by atoms with Crippen LogP contribution in [0.4, 0.5) is 4.39 Å². The van der Waals surface area contributed by atoms with Crippen molar-refractivity contribution < 1.29 is 4.39 Å². The van der Waals surface area contributed by atoms with Gasteiger partial charge in [-0.3, -0.25) is 0 Å². The van der Waals surface area contributed by atoms with Gasteiger partial charge in [-0.1, -0.05) is 18.2 Å². The molecule has 20 heavy (non-hydrogen) atoms. The molecule has 0 bridgehead atoms. The topological polar surface area (TPSA) is 17.0 Å². The zero-order valence-electron chi connectivity index (χ0n) is 12.7. The summed E-state index contributed by atoms with van der Waals surface area (Å²) in [6.07, 6.45) is 0. The Kier molecular flexibility index (Phi) is 4.61. The molecule has 0 amide bonds. The minimum absolute atomic E-state index is 0.000817. The van der Waals surface area contributed by atoms with Crippen molar-refractivity contribution >= 4 is 0 Å². The first-order chi connectivity index (χ1) is 9.54. The highest BCUT2D eigenvalue weighted by Gasteiger charge is 2.12. The molecular weight excluding hydrogens is 251 g/mol. The van der Waals surface area contributed by atoms with E-state index in [1.165, 1.54) is 23.0 Å². The monoisotopic (exact) mass is 274 g/mol. The van der Waals surface area contributed by atoms with E-state index in [0.717, 1.165) is 18.7 Å². The third-order valence-corrected chi connectivity index (χ3v) is 3.97. The van der Waals surface area contributed by atoms with Crippen LogP contribution >= 0.6 is 0 Å². The molecule has 1 N–H and O–H groups in total. The summed E-state index contributed by atoms with van der Waals surface area (Å²) in [6, 6.07) is 9.15. The summed E-state index contributed by atoms with van der Waals surface area (Å²) in [7, 11) is 0. The maximum atomic E-state index is 13.7. The molecule has 0 aliphatic heterocycles. The molecule has 1 heterocycles. The van der Waals surface area contributed by atoms with Crippen LogP contribution < -0.4 is 5.32 Å². The number of nitrogens with zero attached hydrogens (tertiary/aromatic N) is 1. The van der Waals surface area contributed by atoms with E-state index in [4.69, 9.17) is 0 Å². The van der Waals surface area contributed by atoms with Gasteiger partial charge in [0.25, 0.3) is 0 Å². The molecular formula is C17H23FN2. The quantitative estimate of drug-likeness (QED) is 0.868. The Morgan fingerprint density at radius 2 is 1.95 bits per heavy atom. The first kappa shape index (κ1) is 14.8. The molecule has 1 atom stereocenters. The lowest BCUT2D eigenvalue weighted by Crippen LogP contribution is -2.19. The van der Waals surface area contributed by atoms with E-state index in [1.54, 1.807) is 6.07 Å². The number of hydrogen-bond acceptors (Lipinski definition) is 1. The van der Waals surface area contributed by atoms with E-state index in [0.29, 0.717) is 0 Å². The van der Waals surface area contributed by atoms with Crippen molar-refractivity contribution in [3.05, 3.63) is 58.7 Å². The van der Waals surface area contributed by atoms with Gasteiger partial charge in [0.05, 0.1) is 0 Å². The van der Waals surface area contributed by atoms with Crippen molar-refractivity contribution in [3.8, 4) is 0 Å². The zero-order chi connectivity index (χ0) is 14.7. The molecule has 0 fully saturated rings. The van der Waals surface area contributed by atoms with Gasteiger partial charge in [0.1, 0.15) is 5.82 Å². The predicted octanol–water partition coefficient (Wildman–Crippen LogP) is 4.11. The summed E-state index contributed by atoms with van der Waals surface area (Å²) in [5, 5.41) is 3.41. The van der Waals surface area contributed by atoms with Crippen LogP contribution in [0.25, 0.3) is 0 Å². The Balaban J connectivity index is 2.08. The maximum Gasteiger partial charge on any atom is 0.127 e. The van der Waals surface area contributed by atoms with Crippen molar-refractivity contribution in [2.75, 3.05) is 0 Å². The number of benzene rings is 1. The van der Waals surface area contributed by atoms with E-state index in [-0.39, 0.29) is 11.9 Å². The molecule has 0 unspecified atom stereocenters. The molecule has 2 rings (SSSR count). The minimum Gasteiger partial charge on any atom is -0.349 e. The van der Waals surface area contributed by atoms with Gasteiger partial charge >= 0.3 is 0 Å². The van der Waals surface area contributed by atoms with Crippen molar-refractivity contribution in [2.24, 2.45) is 0 Å². The van der Waals surface area contributed by atoms with Crippen molar-refractivity contribution in [1.82, 2.24) is 9.88 Å². The fraction of sp³-hybridized carbons (Fsp3) is 0.412. The smallest absolute Gasteiger partial charge is 0.127 e. The second-order valence-corrected chi connectivity index (χ2v) is 5.26. The van der Waals surface area contributed by atoms with Crippen LogP contribution in [0.2, 0.25) is 0 Å². The first-order valence-corrected chi connectivity index (χ1v) is 7.18. The lowest BCUT2D eigenvalue weighted by atomic mass is 10.1. The molecule has 2 aromatic rings. The van der Waals surface area contributed by atoms with Crippen molar-refractivity contribution in [3.63, 3.8) is 0 Å². The molecule has 0 saturated carbocycles. The fourth-order valence-corrected chi connectivity index (χ4v) is 2.74. The lowest BCUT2D eigenvalue weighted by Gasteiger charge is -2.15. The Labute approximate surface area is 120 Å². The van der Waals surface area contributed by atoms with Crippen molar-refractivity contribution in [2.45, 2.75) is 46.8 Å². The van der Waals surface area contributed by atoms with Crippen LogP contribution in [0, 0.1) is 19.7 Å². The second-order valence-electron chi connectivity index (χ2n) is 5.26. The van der Waals surface area contributed by atoms with Crippen LogP contribution in [0.15, 0.2) is 30.3 Å². The summed E-state index contributed by atoms with van der Waals surface area (Å²) in [5.74, 6) is -0.147. The Bertz CT molecular complexity index is 587. The maximum absolute atomic E-state index is 13.7. The normalized spacial score (nSPS) is 12.7. The van der Waals surface area contributed by atoms with Gasteiger partial charge in [0, 0.05) is 36.1 Å². The molecule has 2 nitrogen and oxygen atoms in total. The van der Waals surface area contributed by atoms with Gasteiger partial charge in [-0.05, 0) is 45.4 Å². The van der Waals surface area contributed by atoms with E-state index in [9.17, 15) is 4.39 Å². The van der Waals surface area contributed by atoms with E-state index < -0.39 is 0 Å². The molecule has 0 aliphatic rings. The molecule has 108 valence electrons. The Morgan fingerprint density at radius 3 is 2.55 bits per heavy atom. The second kappa shape index (κ2) is 6.23. The summed E-state index contributed by atoms with van der Waals surface area (Å²) < 4.78 is 16.0. The van der Waals surface area contributed by atoms with E-state index in [1.807, 2.05) is 19.1 Å². The van der Waals surface area contributed by atoms with Gasteiger partial charge in [-0.2, -0.15) is 0 Å². The molecule has 1 aromatic heterocycles. The number of hydrogen-bond donors (Lipinski definition) is 1. The molecule has 0 radical (unpaired) electrons. The molecule has 0 saturated heterocycles. The highest BCUT2D eigenvalue weighted by molar-refractivity contribution is 5.27. The van der Waals surface area contributed by atoms with E-state index >= 15 is 0 Å².